The van der Waals surface area contributed by atoms with Crippen LogP contribution in [0.2, 0.25) is 0 Å². The summed E-state index contributed by atoms with van der Waals surface area (Å²) < 4.78 is 23.3. The van der Waals surface area contributed by atoms with Crippen molar-refractivity contribution in [1.29, 1.82) is 0 Å². The number of benzene rings is 1. The van der Waals surface area contributed by atoms with Crippen molar-refractivity contribution in [2.75, 3.05) is 20.0 Å². The number of hydrogen-bond acceptors (Lipinski definition) is 5. The normalized spacial score (nSPS) is 10.4. The smallest absolute Gasteiger partial charge is 0.341 e. The van der Waals surface area contributed by atoms with Crippen molar-refractivity contribution in [3.8, 4) is 5.75 Å². The fourth-order valence-electron chi connectivity index (χ4n) is 1.71. The number of anilines is 1. The van der Waals surface area contributed by atoms with Gasteiger partial charge in [-0.3, -0.25) is 4.98 Å². The van der Waals surface area contributed by atoms with Crippen LogP contribution in [0.4, 0.5) is 10.1 Å². The van der Waals surface area contributed by atoms with Crippen molar-refractivity contribution >= 4 is 22.6 Å². The Balaban J connectivity index is 2.84. The van der Waals surface area contributed by atoms with Crippen LogP contribution in [0.3, 0.4) is 0 Å². The molecule has 0 bridgehead atoms. The van der Waals surface area contributed by atoms with Crippen molar-refractivity contribution in [3.05, 3.63) is 29.7 Å². The second-order valence-electron chi connectivity index (χ2n) is 3.55. The molecule has 0 aliphatic rings. The molecular weight excluding hydrogens is 239 g/mol. The summed E-state index contributed by atoms with van der Waals surface area (Å²) >= 11 is 0. The highest BCUT2D eigenvalue weighted by Crippen LogP contribution is 2.33. The number of halogens is 1. The van der Waals surface area contributed by atoms with Crippen molar-refractivity contribution in [2.45, 2.75) is 0 Å². The van der Waals surface area contributed by atoms with E-state index in [1.807, 2.05) is 0 Å². The lowest BCUT2D eigenvalue weighted by atomic mass is 10.1. The first-order valence-electron chi connectivity index (χ1n) is 5.09. The number of pyridine rings is 1. The molecule has 0 atom stereocenters. The molecule has 6 heteroatoms. The zero-order valence-corrected chi connectivity index (χ0v) is 9.86. The summed E-state index contributed by atoms with van der Waals surface area (Å²) in [7, 11) is 2.66. The Morgan fingerprint density at radius 2 is 2.11 bits per heavy atom. The predicted molar refractivity (Wildman–Crippen MR) is 64.0 cm³/mol. The van der Waals surface area contributed by atoms with Crippen LogP contribution in [-0.2, 0) is 4.74 Å². The molecule has 0 saturated heterocycles. The minimum Gasteiger partial charge on any atom is -0.496 e. The standard InChI is InChI=1S/C12H11FN2O3/c1-17-8-4-3-7(13)11-9(8)10(14)6(5-15-11)12(16)18-2/h3-5H,1-2H3,(H2,14,15). The molecule has 2 N–H and O–H groups in total. The molecule has 0 spiro atoms. The van der Waals surface area contributed by atoms with Crippen molar-refractivity contribution in [2.24, 2.45) is 0 Å². The first-order chi connectivity index (χ1) is 8.60. The first-order valence-corrected chi connectivity index (χ1v) is 5.09. The largest absolute Gasteiger partial charge is 0.496 e. The number of carbonyl (C=O) groups is 1. The summed E-state index contributed by atoms with van der Waals surface area (Å²) in [4.78, 5) is 15.4. The monoisotopic (exact) mass is 250 g/mol. The summed E-state index contributed by atoms with van der Waals surface area (Å²) in [6.07, 6.45) is 1.19. The third-order valence-corrected chi connectivity index (χ3v) is 2.60. The molecule has 5 nitrogen and oxygen atoms in total. The van der Waals surface area contributed by atoms with Gasteiger partial charge in [-0.2, -0.15) is 0 Å². The van der Waals surface area contributed by atoms with E-state index in [1.165, 1.54) is 32.5 Å². The molecule has 1 aromatic carbocycles. The molecule has 18 heavy (non-hydrogen) atoms. The van der Waals surface area contributed by atoms with Crippen LogP contribution in [-0.4, -0.2) is 25.2 Å². The Morgan fingerprint density at radius 1 is 1.39 bits per heavy atom. The van der Waals surface area contributed by atoms with Gasteiger partial charge < -0.3 is 15.2 Å². The zero-order chi connectivity index (χ0) is 13.3. The molecular formula is C12H11FN2O3. The highest BCUT2D eigenvalue weighted by Gasteiger charge is 2.18. The van der Waals surface area contributed by atoms with Gasteiger partial charge in [-0.15, -0.1) is 0 Å². The Labute approximate surface area is 102 Å². The molecule has 0 unspecified atom stereocenters. The van der Waals surface area contributed by atoms with E-state index >= 15 is 0 Å². The number of methoxy groups -OCH3 is 2. The van der Waals surface area contributed by atoms with Gasteiger partial charge in [0.1, 0.15) is 22.6 Å². The molecule has 1 aromatic heterocycles. The number of nitrogen functional groups attached to an aromatic ring is 1. The third-order valence-electron chi connectivity index (χ3n) is 2.60. The summed E-state index contributed by atoms with van der Waals surface area (Å²) in [5.74, 6) is -0.815. The maximum absolute atomic E-state index is 13.6. The number of nitrogens with two attached hydrogens (primary N) is 1. The molecule has 0 radical (unpaired) electrons. The fraction of sp³-hybridized carbons (Fsp3) is 0.167. The van der Waals surface area contributed by atoms with E-state index < -0.39 is 11.8 Å². The van der Waals surface area contributed by atoms with E-state index in [2.05, 4.69) is 9.72 Å². The number of aromatic nitrogens is 1. The maximum Gasteiger partial charge on any atom is 0.341 e. The topological polar surface area (TPSA) is 74.4 Å². The summed E-state index contributed by atoms with van der Waals surface area (Å²) in [5.41, 5.74) is 6.07. The number of esters is 1. The number of ether oxygens (including phenoxy) is 2. The van der Waals surface area contributed by atoms with Crippen molar-refractivity contribution in [1.82, 2.24) is 4.98 Å². The predicted octanol–water partition coefficient (Wildman–Crippen LogP) is 1.75. The molecule has 2 aromatic rings. The van der Waals surface area contributed by atoms with Gasteiger partial charge >= 0.3 is 5.97 Å². The molecule has 0 aliphatic carbocycles. The second-order valence-corrected chi connectivity index (χ2v) is 3.55. The maximum atomic E-state index is 13.6. The molecule has 0 aliphatic heterocycles. The van der Waals surface area contributed by atoms with Gasteiger partial charge in [0.05, 0.1) is 25.3 Å². The van der Waals surface area contributed by atoms with Gasteiger partial charge in [-0.25, -0.2) is 9.18 Å². The zero-order valence-electron chi connectivity index (χ0n) is 9.86. The first kappa shape index (κ1) is 12.1. The van der Waals surface area contributed by atoms with Gasteiger partial charge in [-0.05, 0) is 12.1 Å². The Kier molecular flexibility index (Phi) is 3.01. The van der Waals surface area contributed by atoms with Gasteiger partial charge in [0.15, 0.2) is 0 Å². The fourth-order valence-corrected chi connectivity index (χ4v) is 1.71. The molecule has 2 rings (SSSR count). The highest BCUT2D eigenvalue weighted by molar-refractivity contribution is 6.06. The number of hydrogen-bond donors (Lipinski definition) is 1. The second kappa shape index (κ2) is 4.48. The summed E-state index contributed by atoms with van der Waals surface area (Å²) in [6, 6.07) is 2.65. The van der Waals surface area contributed by atoms with Crippen molar-refractivity contribution < 1.29 is 18.7 Å². The number of fused-ring (bicyclic) bond motifs is 1. The van der Waals surface area contributed by atoms with Gasteiger partial charge in [0.2, 0.25) is 0 Å². The third kappa shape index (κ3) is 1.71. The number of carbonyl (C=O) groups excluding carboxylic acids is 1. The van der Waals surface area contributed by atoms with Crippen LogP contribution in [0.25, 0.3) is 10.9 Å². The minimum absolute atomic E-state index is 0.0551. The number of nitrogens with zero attached hydrogens (tertiary/aromatic N) is 1. The lowest BCUT2D eigenvalue weighted by Gasteiger charge is -2.10. The Morgan fingerprint density at radius 3 is 2.72 bits per heavy atom. The highest BCUT2D eigenvalue weighted by atomic mass is 19.1. The van der Waals surface area contributed by atoms with E-state index in [0.29, 0.717) is 5.75 Å². The van der Waals surface area contributed by atoms with Crippen LogP contribution >= 0.6 is 0 Å². The van der Waals surface area contributed by atoms with Crippen LogP contribution in [0.5, 0.6) is 5.75 Å². The van der Waals surface area contributed by atoms with Gasteiger partial charge in [-0.1, -0.05) is 0 Å². The van der Waals surface area contributed by atoms with Crippen LogP contribution in [0.15, 0.2) is 18.3 Å². The van der Waals surface area contributed by atoms with Crippen LogP contribution < -0.4 is 10.5 Å². The van der Waals surface area contributed by atoms with Crippen LogP contribution in [0, 0.1) is 5.82 Å². The molecule has 0 saturated carbocycles. The molecule has 1 heterocycles. The summed E-state index contributed by atoms with van der Waals surface area (Å²) in [6.45, 7) is 0. The number of rotatable bonds is 2. The van der Waals surface area contributed by atoms with Crippen LogP contribution in [0.1, 0.15) is 10.4 Å². The lowest BCUT2D eigenvalue weighted by Crippen LogP contribution is -2.08. The average Bonchev–Trinajstić information content (AvgIpc) is 2.39. The van der Waals surface area contributed by atoms with Gasteiger partial charge in [0.25, 0.3) is 0 Å². The molecule has 0 fully saturated rings. The summed E-state index contributed by atoms with van der Waals surface area (Å²) in [5, 5.41) is 0.264. The van der Waals surface area contributed by atoms with E-state index in [-0.39, 0.29) is 22.2 Å². The molecule has 0 amide bonds. The van der Waals surface area contributed by atoms with E-state index in [9.17, 15) is 9.18 Å². The van der Waals surface area contributed by atoms with E-state index in [4.69, 9.17) is 10.5 Å². The van der Waals surface area contributed by atoms with E-state index in [1.54, 1.807) is 0 Å². The average molecular weight is 250 g/mol. The quantitative estimate of drug-likeness (QED) is 0.822. The molecule has 94 valence electrons. The minimum atomic E-state index is -0.631. The Bertz CT molecular complexity index is 628. The van der Waals surface area contributed by atoms with Gasteiger partial charge in [0, 0.05) is 6.20 Å². The van der Waals surface area contributed by atoms with Crippen molar-refractivity contribution in [3.63, 3.8) is 0 Å². The lowest BCUT2D eigenvalue weighted by molar-refractivity contribution is 0.0601. The Hall–Kier alpha value is -2.37. The SMILES string of the molecule is COC(=O)c1cnc2c(F)ccc(OC)c2c1N. The van der Waals surface area contributed by atoms with E-state index in [0.717, 1.165) is 0 Å².